The maximum atomic E-state index is 12.9. The van der Waals surface area contributed by atoms with Crippen LogP contribution in [-0.4, -0.2) is 35.0 Å². The molecule has 1 aromatic rings. The summed E-state index contributed by atoms with van der Waals surface area (Å²) >= 11 is 0. The van der Waals surface area contributed by atoms with Crippen LogP contribution in [0.5, 0.6) is 0 Å². The molecule has 1 unspecified atom stereocenters. The van der Waals surface area contributed by atoms with Gasteiger partial charge >= 0.3 is 5.97 Å². The lowest BCUT2D eigenvalue weighted by Crippen LogP contribution is -2.40. The van der Waals surface area contributed by atoms with Crippen molar-refractivity contribution < 1.29 is 14.7 Å². The molecule has 0 aromatic heterocycles. The summed E-state index contributed by atoms with van der Waals surface area (Å²) in [5.74, 6) is -0.761. The molecule has 1 N–H and O–H groups in total. The van der Waals surface area contributed by atoms with Crippen molar-refractivity contribution in [2.75, 3.05) is 13.1 Å². The number of carbonyl (C=O) groups excluding carboxylic acids is 1. The topological polar surface area (TPSA) is 57.6 Å². The van der Waals surface area contributed by atoms with E-state index in [9.17, 15) is 14.7 Å². The summed E-state index contributed by atoms with van der Waals surface area (Å²) in [6.45, 7) is 4.72. The number of carboxylic acids is 1. The molecule has 1 saturated heterocycles. The van der Waals surface area contributed by atoms with Gasteiger partial charge in [0.2, 0.25) is 0 Å². The number of nitrogens with zero attached hydrogens (tertiary/aromatic N) is 1. The van der Waals surface area contributed by atoms with Crippen LogP contribution in [0.15, 0.2) is 18.2 Å². The van der Waals surface area contributed by atoms with E-state index in [0.717, 1.165) is 24.8 Å². The van der Waals surface area contributed by atoms with Gasteiger partial charge in [0, 0.05) is 18.7 Å². The summed E-state index contributed by atoms with van der Waals surface area (Å²) in [6, 6.07) is 5.93. The predicted molar refractivity (Wildman–Crippen MR) is 83.9 cm³/mol. The summed E-state index contributed by atoms with van der Waals surface area (Å²) in [5.41, 5.74) is 2.43. The summed E-state index contributed by atoms with van der Waals surface area (Å²) in [4.78, 5) is 26.3. The first-order valence-corrected chi connectivity index (χ1v) is 8.09. The summed E-state index contributed by atoms with van der Waals surface area (Å²) < 4.78 is 0. The molecule has 2 aliphatic rings. The van der Waals surface area contributed by atoms with Crippen LogP contribution in [0.3, 0.4) is 0 Å². The number of fused-ring (bicyclic) bond motifs is 1. The average Bonchev–Trinajstić information content (AvgIpc) is 3.13. The van der Waals surface area contributed by atoms with Gasteiger partial charge in [-0.2, -0.15) is 0 Å². The van der Waals surface area contributed by atoms with Crippen LogP contribution in [-0.2, 0) is 17.6 Å². The van der Waals surface area contributed by atoms with Crippen LogP contribution in [0.1, 0.15) is 48.2 Å². The number of likely N-dealkylation sites (tertiary alicyclic amines) is 1. The Hall–Kier alpha value is -1.84. The van der Waals surface area contributed by atoms with Gasteiger partial charge in [-0.25, -0.2) is 0 Å². The highest BCUT2D eigenvalue weighted by Gasteiger charge is 2.48. The Balaban J connectivity index is 1.86. The number of rotatable bonds is 3. The van der Waals surface area contributed by atoms with Crippen molar-refractivity contribution in [3.05, 3.63) is 34.9 Å². The van der Waals surface area contributed by atoms with E-state index in [0.29, 0.717) is 19.5 Å². The van der Waals surface area contributed by atoms with Crippen molar-refractivity contribution in [3.63, 3.8) is 0 Å². The third-order valence-corrected chi connectivity index (χ3v) is 5.50. The number of hydrogen-bond donors (Lipinski definition) is 1. The molecule has 0 spiro atoms. The minimum atomic E-state index is -0.798. The number of amides is 1. The van der Waals surface area contributed by atoms with E-state index in [4.69, 9.17) is 0 Å². The molecule has 1 fully saturated rings. The SMILES string of the molecule is CC(C)C1(C(=O)O)CCN(C(=O)c2cccc3c2CCC3)C1. The molecule has 118 valence electrons. The molecule has 1 heterocycles. The first-order valence-electron chi connectivity index (χ1n) is 8.09. The first-order chi connectivity index (χ1) is 10.5. The Morgan fingerprint density at radius 1 is 1.27 bits per heavy atom. The molecule has 1 atom stereocenters. The minimum Gasteiger partial charge on any atom is -0.481 e. The molecule has 4 nitrogen and oxygen atoms in total. The number of aryl methyl sites for hydroxylation is 1. The van der Waals surface area contributed by atoms with Crippen LogP contribution in [0.2, 0.25) is 0 Å². The van der Waals surface area contributed by atoms with Gasteiger partial charge in [0.15, 0.2) is 0 Å². The third-order valence-electron chi connectivity index (χ3n) is 5.50. The van der Waals surface area contributed by atoms with Gasteiger partial charge < -0.3 is 10.0 Å². The van der Waals surface area contributed by atoms with Crippen LogP contribution < -0.4 is 0 Å². The van der Waals surface area contributed by atoms with Crippen molar-refractivity contribution in [1.82, 2.24) is 4.90 Å². The second-order valence-corrected chi connectivity index (χ2v) is 6.89. The average molecular weight is 301 g/mol. The van der Waals surface area contributed by atoms with Gasteiger partial charge in [-0.05, 0) is 48.8 Å². The molecular formula is C18H23NO3. The molecule has 0 saturated carbocycles. The summed E-state index contributed by atoms with van der Waals surface area (Å²) in [6.07, 6.45) is 3.65. The second-order valence-electron chi connectivity index (χ2n) is 6.89. The molecule has 1 aliphatic heterocycles. The Bertz CT molecular complexity index is 623. The van der Waals surface area contributed by atoms with E-state index >= 15 is 0 Å². The fraction of sp³-hybridized carbons (Fsp3) is 0.556. The van der Waals surface area contributed by atoms with Crippen molar-refractivity contribution in [1.29, 1.82) is 0 Å². The normalized spacial score (nSPS) is 23.9. The van der Waals surface area contributed by atoms with Gasteiger partial charge in [-0.15, -0.1) is 0 Å². The molecule has 1 amide bonds. The minimum absolute atomic E-state index is 0.00234. The largest absolute Gasteiger partial charge is 0.481 e. The molecule has 0 bridgehead atoms. The Morgan fingerprint density at radius 3 is 2.68 bits per heavy atom. The van der Waals surface area contributed by atoms with E-state index in [-0.39, 0.29) is 11.8 Å². The van der Waals surface area contributed by atoms with Gasteiger partial charge in [-0.1, -0.05) is 26.0 Å². The van der Waals surface area contributed by atoms with Gasteiger partial charge in [0.25, 0.3) is 5.91 Å². The quantitative estimate of drug-likeness (QED) is 0.934. The molecule has 0 radical (unpaired) electrons. The number of benzene rings is 1. The van der Waals surface area contributed by atoms with Gasteiger partial charge in [0.05, 0.1) is 5.41 Å². The molecular weight excluding hydrogens is 278 g/mol. The number of aliphatic carboxylic acids is 1. The van der Waals surface area contributed by atoms with Crippen LogP contribution in [0.4, 0.5) is 0 Å². The molecule has 3 rings (SSSR count). The number of hydrogen-bond acceptors (Lipinski definition) is 2. The molecule has 22 heavy (non-hydrogen) atoms. The van der Waals surface area contributed by atoms with E-state index < -0.39 is 11.4 Å². The smallest absolute Gasteiger partial charge is 0.311 e. The van der Waals surface area contributed by atoms with Crippen molar-refractivity contribution in [2.24, 2.45) is 11.3 Å². The number of carboxylic acid groups (broad SMARTS) is 1. The van der Waals surface area contributed by atoms with Crippen LogP contribution in [0, 0.1) is 11.3 Å². The highest BCUT2D eigenvalue weighted by molar-refractivity contribution is 5.97. The van der Waals surface area contributed by atoms with Crippen molar-refractivity contribution in [2.45, 2.75) is 39.5 Å². The second kappa shape index (κ2) is 5.41. The lowest BCUT2D eigenvalue weighted by atomic mass is 9.76. The summed E-state index contributed by atoms with van der Waals surface area (Å²) in [5, 5.41) is 9.62. The Labute approximate surface area is 131 Å². The van der Waals surface area contributed by atoms with Gasteiger partial charge in [-0.3, -0.25) is 9.59 Å². The highest BCUT2D eigenvalue weighted by Crippen LogP contribution is 2.39. The fourth-order valence-electron chi connectivity index (χ4n) is 3.89. The van der Waals surface area contributed by atoms with E-state index in [1.165, 1.54) is 11.1 Å². The van der Waals surface area contributed by atoms with E-state index in [2.05, 4.69) is 6.07 Å². The number of carbonyl (C=O) groups is 2. The predicted octanol–water partition coefficient (Wildman–Crippen LogP) is 2.75. The van der Waals surface area contributed by atoms with E-state index in [1.807, 2.05) is 26.0 Å². The highest BCUT2D eigenvalue weighted by atomic mass is 16.4. The zero-order valence-corrected chi connectivity index (χ0v) is 13.3. The Kier molecular flexibility index (Phi) is 3.71. The zero-order valence-electron chi connectivity index (χ0n) is 13.3. The van der Waals surface area contributed by atoms with Crippen molar-refractivity contribution >= 4 is 11.9 Å². The maximum Gasteiger partial charge on any atom is 0.311 e. The van der Waals surface area contributed by atoms with Crippen molar-refractivity contribution in [3.8, 4) is 0 Å². The standard InChI is InChI=1S/C18H23NO3/c1-12(2)18(17(21)22)9-10-19(11-18)16(20)15-8-4-6-13-5-3-7-14(13)15/h4,6,8,12H,3,5,7,9-11H2,1-2H3,(H,21,22). The zero-order chi connectivity index (χ0) is 15.9. The van der Waals surface area contributed by atoms with E-state index in [1.54, 1.807) is 4.90 Å². The lowest BCUT2D eigenvalue weighted by Gasteiger charge is -2.28. The Morgan fingerprint density at radius 2 is 2.05 bits per heavy atom. The maximum absolute atomic E-state index is 12.9. The van der Waals surface area contributed by atoms with Crippen LogP contribution in [0.25, 0.3) is 0 Å². The van der Waals surface area contributed by atoms with Gasteiger partial charge in [0.1, 0.15) is 0 Å². The lowest BCUT2D eigenvalue weighted by molar-refractivity contribution is -0.150. The monoisotopic (exact) mass is 301 g/mol. The molecule has 1 aromatic carbocycles. The summed E-state index contributed by atoms with van der Waals surface area (Å²) in [7, 11) is 0. The first kappa shape index (κ1) is 15.1. The molecule has 1 aliphatic carbocycles. The third kappa shape index (κ3) is 2.21. The van der Waals surface area contributed by atoms with Crippen LogP contribution >= 0.6 is 0 Å². The molecule has 4 heteroatoms. The fourth-order valence-corrected chi connectivity index (χ4v) is 3.89.